The maximum atomic E-state index is 12.3. The van der Waals surface area contributed by atoms with Crippen molar-refractivity contribution in [2.24, 2.45) is 0 Å². The fourth-order valence-electron chi connectivity index (χ4n) is 4.98. The first-order valence-corrected chi connectivity index (χ1v) is 10.3. The number of fused-ring (bicyclic) bond motifs is 2. The summed E-state index contributed by atoms with van der Waals surface area (Å²) >= 11 is 0. The topological polar surface area (TPSA) is 73.5 Å². The molecule has 148 valence electrons. The van der Waals surface area contributed by atoms with Gasteiger partial charge >= 0.3 is 6.03 Å². The summed E-state index contributed by atoms with van der Waals surface area (Å²) in [6.07, 6.45) is 12.6. The van der Waals surface area contributed by atoms with Gasteiger partial charge in [0.25, 0.3) is 0 Å². The summed E-state index contributed by atoms with van der Waals surface area (Å²) in [5.74, 6) is 0.181. The van der Waals surface area contributed by atoms with Crippen LogP contribution in [0.1, 0.15) is 70.6 Å². The zero-order valence-corrected chi connectivity index (χ0v) is 16.3. The number of nitrogens with one attached hydrogen (secondary N) is 3. The van der Waals surface area contributed by atoms with Crippen LogP contribution >= 0.6 is 0 Å². The first kappa shape index (κ1) is 19.7. The van der Waals surface area contributed by atoms with E-state index in [1.807, 2.05) is 0 Å². The summed E-state index contributed by atoms with van der Waals surface area (Å²) in [6.45, 7) is 0.535. The Kier molecular flexibility index (Phi) is 6.67. The van der Waals surface area contributed by atoms with Gasteiger partial charge in [-0.1, -0.05) is 19.3 Å². The van der Waals surface area contributed by atoms with Crippen LogP contribution in [0.15, 0.2) is 0 Å². The highest BCUT2D eigenvalue weighted by Crippen LogP contribution is 2.35. The van der Waals surface area contributed by atoms with Crippen molar-refractivity contribution in [1.82, 2.24) is 20.9 Å². The van der Waals surface area contributed by atoms with E-state index in [9.17, 15) is 9.59 Å². The Labute approximate surface area is 162 Å². The molecule has 6 nitrogen and oxygen atoms in total. The lowest BCUT2D eigenvalue weighted by molar-refractivity contribution is -0.123. The number of amides is 3. The second-order valence-corrected chi connectivity index (χ2v) is 8.52. The van der Waals surface area contributed by atoms with Gasteiger partial charge in [0.05, 0.1) is 6.54 Å². The normalized spacial score (nSPS) is 31.8. The van der Waals surface area contributed by atoms with Gasteiger partial charge in [-0.25, -0.2) is 4.79 Å². The van der Waals surface area contributed by atoms with E-state index in [0.717, 1.165) is 51.4 Å². The molecule has 4 fully saturated rings. The van der Waals surface area contributed by atoms with Crippen molar-refractivity contribution in [3.05, 3.63) is 0 Å². The van der Waals surface area contributed by atoms with E-state index in [-0.39, 0.29) is 30.4 Å². The van der Waals surface area contributed by atoms with Crippen molar-refractivity contribution < 1.29 is 22.0 Å². The largest absolute Gasteiger partial charge is 1.00 e. The molecule has 26 heavy (non-hydrogen) atoms. The molecule has 7 heteroatoms. The smallest absolute Gasteiger partial charge is 0.315 e. The number of urea groups is 1. The minimum Gasteiger partial charge on any atom is -1.00 e. The number of piperidine rings is 1. The van der Waals surface area contributed by atoms with Gasteiger partial charge in [0, 0.05) is 30.2 Å². The third-order valence-corrected chi connectivity index (χ3v) is 6.43. The molecule has 0 aromatic rings. The molecule has 2 saturated carbocycles. The lowest BCUT2D eigenvalue weighted by Gasteiger charge is -2.39. The molecule has 3 amide bonds. The van der Waals surface area contributed by atoms with Gasteiger partial charge in [-0.15, -0.1) is 0 Å². The van der Waals surface area contributed by atoms with E-state index in [1.54, 1.807) is 0 Å². The summed E-state index contributed by atoms with van der Waals surface area (Å²) in [5.41, 5.74) is 0. The number of rotatable bonds is 5. The van der Waals surface area contributed by atoms with E-state index in [1.165, 1.54) is 19.3 Å². The van der Waals surface area contributed by atoms with Crippen molar-refractivity contribution in [3.8, 4) is 0 Å². The summed E-state index contributed by atoms with van der Waals surface area (Å²) in [7, 11) is 0. The lowest BCUT2D eigenvalue weighted by Crippen LogP contribution is -3.00. The Bertz CT molecular complexity index is 494. The van der Waals surface area contributed by atoms with E-state index in [0.29, 0.717) is 30.7 Å². The average Bonchev–Trinajstić information content (AvgIpc) is 3.35. The molecule has 2 aliphatic carbocycles. The molecule has 2 unspecified atom stereocenters. The molecule has 2 heterocycles. The quantitative estimate of drug-likeness (QED) is 0.564. The van der Waals surface area contributed by atoms with Gasteiger partial charge in [0.2, 0.25) is 5.91 Å². The summed E-state index contributed by atoms with van der Waals surface area (Å²) in [6, 6.07) is 1.96. The van der Waals surface area contributed by atoms with Gasteiger partial charge in [-0.3, -0.25) is 9.69 Å². The maximum Gasteiger partial charge on any atom is 0.315 e. The molecule has 0 radical (unpaired) electrons. The molecule has 0 spiro atoms. The highest BCUT2D eigenvalue weighted by molar-refractivity contribution is 5.79. The van der Waals surface area contributed by atoms with Crippen LogP contribution in [0, 0.1) is 0 Å². The molecule has 2 atom stereocenters. The number of carbonyl (C=O) groups excluding carboxylic acids is 2. The Hall–Kier alpha value is -1.01. The van der Waals surface area contributed by atoms with Crippen LogP contribution in [0.5, 0.6) is 0 Å². The van der Waals surface area contributed by atoms with Crippen LogP contribution in [0.25, 0.3) is 0 Å². The highest BCUT2D eigenvalue weighted by Gasteiger charge is 2.42. The summed E-state index contributed by atoms with van der Waals surface area (Å²) in [5, 5.41) is 9.46. The Morgan fingerprint density at radius 3 is 1.92 bits per heavy atom. The molecular formula is C19H32ClN4O2-. The minimum absolute atomic E-state index is 0. The predicted molar refractivity (Wildman–Crippen MR) is 96.2 cm³/mol. The average molecular weight is 384 g/mol. The SMILES string of the molecule is O=C(CN1C2CCC1CC(NC(=O)NC1CCCCC1)C2)NC1CC1.[Cl-]. The predicted octanol–water partition coefficient (Wildman–Crippen LogP) is -1.10. The first-order valence-electron chi connectivity index (χ1n) is 10.3. The van der Waals surface area contributed by atoms with Crippen LogP contribution in [0.3, 0.4) is 0 Å². The third kappa shape index (κ3) is 5.03. The molecule has 2 saturated heterocycles. The number of hydrogen-bond acceptors (Lipinski definition) is 3. The van der Waals surface area contributed by atoms with E-state index < -0.39 is 0 Å². The second kappa shape index (κ2) is 8.79. The van der Waals surface area contributed by atoms with Crippen LogP contribution in [-0.4, -0.2) is 53.6 Å². The molecule has 4 aliphatic rings. The number of hydrogen-bond donors (Lipinski definition) is 3. The molecule has 4 rings (SSSR count). The van der Waals surface area contributed by atoms with Gasteiger partial charge in [-0.2, -0.15) is 0 Å². The van der Waals surface area contributed by atoms with Crippen LogP contribution in [-0.2, 0) is 4.79 Å². The summed E-state index contributed by atoms with van der Waals surface area (Å²) < 4.78 is 0. The van der Waals surface area contributed by atoms with Gasteiger partial charge in [-0.05, 0) is 51.4 Å². The third-order valence-electron chi connectivity index (χ3n) is 6.43. The number of nitrogens with zero attached hydrogens (tertiary/aromatic N) is 1. The van der Waals surface area contributed by atoms with Crippen LogP contribution < -0.4 is 28.4 Å². The van der Waals surface area contributed by atoms with Crippen molar-refractivity contribution >= 4 is 11.9 Å². The molecule has 3 N–H and O–H groups in total. The van der Waals surface area contributed by atoms with Gasteiger partial charge < -0.3 is 28.4 Å². The molecular weight excluding hydrogens is 352 g/mol. The minimum atomic E-state index is 0. The monoisotopic (exact) mass is 383 g/mol. The van der Waals surface area contributed by atoms with Crippen LogP contribution in [0.4, 0.5) is 4.79 Å². The zero-order chi connectivity index (χ0) is 17.2. The highest BCUT2D eigenvalue weighted by atomic mass is 35.5. The van der Waals surface area contributed by atoms with Gasteiger partial charge in [0.1, 0.15) is 0 Å². The Morgan fingerprint density at radius 2 is 1.31 bits per heavy atom. The van der Waals surface area contributed by atoms with E-state index in [2.05, 4.69) is 20.9 Å². The standard InChI is InChI=1S/C19H32N4O2.ClH/c24-18(20-14-6-7-14)12-23-16-8-9-17(23)11-15(10-16)22-19(25)21-13-4-2-1-3-5-13;/h13-17H,1-12H2,(H,20,24)(H2,21,22,25);1H/p-1. The van der Waals surface area contributed by atoms with E-state index in [4.69, 9.17) is 0 Å². The number of carbonyl (C=O) groups is 2. The van der Waals surface area contributed by atoms with E-state index >= 15 is 0 Å². The molecule has 2 aliphatic heterocycles. The molecule has 0 aromatic heterocycles. The summed E-state index contributed by atoms with van der Waals surface area (Å²) in [4.78, 5) is 26.8. The van der Waals surface area contributed by atoms with Crippen molar-refractivity contribution in [2.75, 3.05) is 6.54 Å². The van der Waals surface area contributed by atoms with Crippen molar-refractivity contribution in [2.45, 2.75) is 101 Å². The zero-order valence-electron chi connectivity index (χ0n) is 15.5. The fraction of sp³-hybridized carbons (Fsp3) is 0.895. The maximum absolute atomic E-state index is 12.3. The van der Waals surface area contributed by atoms with Gasteiger partial charge in [0.15, 0.2) is 0 Å². The second-order valence-electron chi connectivity index (χ2n) is 8.52. The van der Waals surface area contributed by atoms with Crippen LogP contribution in [0.2, 0.25) is 0 Å². The Morgan fingerprint density at radius 1 is 0.731 bits per heavy atom. The molecule has 0 aromatic carbocycles. The lowest BCUT2D eigenvalue weighted by atomic mass is 9.95. The van der Waals surface area contributed by atoms with Crippen molar-refractivity contribution in [1.29, 1.82) is 0 Å². The first-order chi connectivity index (χ1) is 12.2. The molecule has 2 bridgehead atoms. The Balaban J connectivity index is 0.00000196. The number of halogens is 1. The van der Waals surface area contributed by atoms with Crippen molar-refractivity contribution in [3.63, 3.8) is 0 Å². The fourth-order valence-corrected chi connectivity index (χ4v) is 4.98.